The molecule has 0 spiro atoms. The molecular formula is C14H16ClN3O. The first-order valence-electron chi connectivity index (χ1n) is 5.74. The SMILES string of the molecule is C1=CC2=CC=C1C2.C[n+]1ccccc1NC(N)=O.[Cl-]. The van der Waals surface area contributed by atoms with E-state index in [9.17, 15) is 4.79 Å². The number of aryl methyl sites for hydroxylation is 1. The minimum atomic E-state index is -0.549. The molecule has 0 fully saturated rings. The summed E-state index contributed by atoms with van der Waals surface area (Å²) in [6, 6.07) is 4.91. The molecule has 1 aromatic heterocycles. The lowest BCUT2D eigenvalue weighted by molar-refractivity contribution is -0.656. The number of nitrogens with zero attached hydrogens (tertiary/aromatic N) is 1. The van der Waals surface area contributed by atoms with Crippen LogP contribution in [0.15, 0.2) is 59.8 Å². The van der Waals surface area contributed by atoms with Gasteiger partial charge < -0.3 is 18.1 Å². The summed E-state index contributed by atoms with van der Waals surface area (Å²) in [5.74, 6) is 0.681. The second-order valence-corrected chi connectivity index (χ2v) is 4.18. The quantitative estimate of drug-likeness (QED) is 0.624. The number of rotatable bonds is 1. The van der Waals surface area contributed by atoms with Crippen LogP contribution in [0.1, 0.15) is 6.42 Å². The Bertz CT molecular complexity index is 542. The van der Waals surface area contributed by atoms with E-state index in [0.717, 1.165) is 0 Å². The van der Waals surface area contributed by atoms with Crippen molar-refractivity contribution in [2.24, 2.45) is 12.8 Å². The number of amides is 2. The van der Waals surface area contributed by atoms with Crippen LogP contribution in [0.2, 0.25) is 0 Å². The molecule has 0 atom stereocenters. The highest BCUT2D eigenvalue weighted by Gasteiger charge is 2.08. The van der Waals surface area contributed by atoms with Crippen LogP contribution in [0, 0.1) is 0 Å². The van der Waals surface area contributed by atoms with Crippen LogP contribution < -0.4 is 28.0 Å². The molecule has 1 aromatic rings. The van der Waals surface area contributed by atoms with Crippen LogP contribution in [0.4, 0.5) is 10.6 Å². The van der Waals surface area contributed by atoms with Gasteiger partial charge in [0.05, 0.1) is 13.2 Å². The molecule has 0 saturated carbocycles. The standard InChI is InChI=1S/C7H9N3O.C7H6.ClH/c1-10-5-3-2-4-6(10)9-7(8)11;1-2-7-4-3-6(1)5-7;/h2-5H,1H3,(H2,8,11);1-4H,5H2;1H. The second-order valence-electron chi connectivity index (χ2n) is 4.18. The number of allylic oxidation sites excluding steroid dienone is 6. The van der Waals surface area contributed by atoms with Crippen molar-refractivity contribution in [1.29, 1.82) is 0 Å². The van der Waals surface area contributed by atoms with Crippen molar-refractivity contribution in [2.75, 3.05) is 5.32 Å². The number of urea groups is 1. The fraction of sp³-hybridized carbons (Fsp3) is 0.143. The van der Waals surface area contributed by atoms with Crippen LogP contribution >= 0.6 is 0 Å². The topological polar surface area (TPSA) is 59.0 Å². The van der Waals surface area contributed by atoms with E-state index in [0.29, 0.717) is 5.82 Å². The lowest BCUT2D eigenvalue weighted by atomic mass is 10.3. The predicted octanol–water partition coefficient (Wildman–Crippen LogP) is -1.18. The van der Waals surface area contributed by atoms with Gasteiger partial charge in [-0.15, -0.1) is 0 Å². The molecule has 2 aliphatic rings. The van der Waals surface area contributed by atoms with Gasteiger partial charge in [-0.1, -0.05) is 30.4 Å². The van der Waals surface area contributed by atoms with E-state index in [-0.39, 0.29) is 12.4 Å². The Morgan fingerprint density at radius 3 is 2.26 bits per heavy atom. The Morgan fingerprint density at radius 2 is 1.89 bits per heavy atom. The number of nitrogens with one attached hydrogen (secondary N) is 1. The Hall–Kier alpha value is -2.07. The Labute approximate surface area is 118 Å². The minimum Gasteiger partial charge on any atom is -1.00 e. The van der Waals surface area contributed by atoms with E-state index >= 15 is 0 Å². The summed E-state index contributed by atoms with van der Waals surface area (Å²) in [5, 5.41) is 2.47. The zero-order valence-electron chi connectivity index (χ0n) is 10.6. The number of hydrogen-bond acceptors (Lipinski definition) is 1. The molecule has 100 valence electrons. The molecule has 0 saturated heterocycles. The maximum absolute atomic E-state index is 10.4. The molecule has 3 N–H and O–H groups in total. The van der Waals surface area contributed by atoms with Gasteiger partial charge in [0.25, 0.3) is 5.82 Å². The van der Waals surface area contributed by atoms with Crippen molar-refractivity contribution in [1.82, 2.24) is 0 Å². The summed E-state index contributed by atoms with van der Waals surface area (Å²) in [5.41, 5.74) is 7.87. The molecule has 3 rings (SSSR count). The van der Waals surface area contributed by atoms with Gasteiger partial charge in [0, 0.05) is 6.07 Å². The van der Waals surface area contributed by atoms with Crippen molar-refractivity contribution in [2.45, 2.75) is 6.42 Å². The summed E-state index contributed by atoms with van der Waals surface area (Å²) >= 11 is 0. The number of pyridine rings is 1. The van der Waals surface area contributed by atoms with E-state index in [1.54, 1.807) is 10.6 Å². The van der Waals surface area contributed by atoms with Gasteiger partial charge in [-0.3, -0.25) is 0 Å². The van der Waals surface area contributed by atoms with Gasteiger partial charge in [-0.25, -0.2) is 9.36 Å². The predicted molar refractivity (Wildman–Crippen MR) is 70.7 cm³/mol. The second kappa shape index (κ2) is 6.75. The number of aromatic nitrogens is 1. The summed E-state index contributed by atoms with van der Waals surface area (Å²) < 4.78 is 1.77. The third-order valence-electron chi connectivity index (χ3n) is 2.74. The van der Waals surface area contributed by atoms with Crippen molar-refractivity contribution in [3.63, 3.8) is 0 Å². The molecule has 0 radical (unpaired) electrons. The first-order valence-corrected chi connectivity index (χ1v) is 5.74. The zero-order chi connectivity index (χ0) is 13.0. The Balaban J connectivity index is 0.000000194. The molecule has 0 aliphatic heterocycles. The molecule has 5 heteroatoms. The molecule has 2 aliphatic carbocycles. The monoisotopic (exact) mass is 277 g/mol. The average Bonchev–Trinajstić information content (AvgIpc) is 2.97. The average molecular weight is 278 g/mol. The number of carbonyl (C=O) groups excluding carboxylic acids is 1. The van der Waals surface area contributed by atoms with E-state index in [1.165, 1.54) is 17.6 Å². The largest absolute Gasteiger partial charge is 1.00 e. The highest BCUT2D eigenvalue weighted by atomic mass is 35.5. The first kappa shape index (κ1) is 15.0. The van der Waals surface area contributed by atoms with E-state index in [2.05, 4.69) is 29.6 Å². The fourth-order valence-electron chi connectivity index (χ4n) is 1.79. The lowest BCUT2D eigenvalue weighted by Crippen LogP contribution is -3.00. The van der Waals surface area contributed by atoms with Crippen molar-refractivity contribution in [3.05, 3.63) is 59.8 Å². The molecule has 0 aromatic carbocycles. The lowest BCUT2D eigenvalue weighted by Gasteiger charge is -1.96. The Morgan fingerprint density at radius 1 is 1.26 bits per heavy atom. The number of hydrogen-bond donors (Lipinski definition) is 2. The minimum absolute atomic E-state index is 0. The molecule has 4 nitrogen and oxygen atoms in total. The maximum atomic E-state index is 10.4. The van der Waals surface area contributed by atoms with Crippen LogP contribution in [-0.2, 0) is 7.05 Å². The smallest absolute Gasteiger partial charge is 0.404 e. The molecule has 19 heavy (non-hydrogen) atoms. The van der Waals surface area contributed by atoms with Crippen LogP contribution in [0.5, 0.6) is 0 Å². The van der Waals surface area contributed by atoms with Crippen LogP contribution in [0.3, 0.4) is 0 Å². The molecular weight excluding hydrogens is 262 g/mol. The van der Waals surface area contributed by atoms with Gasteiger partial charge in [0.1, 0.15) is 0 Å². The third-order valence-corrected chi connectivity index (χ3v) is 2.74. The summed E-state index contributed by atoms with van der Waals surface area (Å²) in [7, 11) is 1.82. The van der Waals surface area contributed by atoms with Crippen LogP contribution in [-0.4, -0.2) is 6.03 Å². The highest BCUT2D eigenvalue weighted by Crippen LogP contribution is 2.27. The van der Waals surface area contributed by atoms with E-state index in [4.69, 9.17) is 5.73 Å². The summed E-state index contributed by atoms with van der Waals surface area (Å²) in [4.78, 5) is 10.4. The molecule has 1 heterocycles. The van der Waals surface area contributed by atoms with Crippen molar-refractivity contribution >= 4 is 11.8 Å². The highest BCUT2D eigenvalue weighted by molar-refractivity contribution is 5.85. The summed E-state index contributed by atoms with van der Waals surface area (Å²) in [6.45, 7) is 0. The number of halogens is 1. The Kier molecular flexibility index (Phi) is 5.33. The summed E-state index contributed by atoms with van der Waals surface area (Å²) in [6.07, 6.45) is 11.7. The van der Waals surface area contributed by atoms with Crippen molar-refractivity contribution in [3.8, 4) is 0 Å². The van der Waals surface area contributed by atoms with E-state index in [1.807, 2.05) is 25.4 Å². The van der Waals surface area contributed by atoms with Gasteiger partial charge >= 0.3 is 6.03 Å². The first-order chi connectivity index (χ1) is 8.65. The van der Waals surface area contributed by atoms with Gasteiger partial charge in [0.2, 0.25) is 0 Å². The number of nitrogens with two attached hydrogens (primary N) is 1. The fourth-order valence-corrected chi connectivity index (χ4v) is 1.79. The third kappa shape index (κ3) is 4.26. The normalized spacial score (nSPS) is 13.7. The number of carbonyl (C=O) groups is 1. The van der Waals surface area contributed by atoms with Gasteiger partial charge in [-0.05, 0) is 23.6 Å². The van der Waals surface area contributed by atoms with Gasteiger partial charge in [-0.2, -0.15) is 5.32 Å². The zero-order valence-corrected chi connectivity index (χ0v) is 11.4. The van der Waals surface area contributed by atoms with Crippen LogP contribution in [0.25, 0.3) is 0 Å². The maximum Gasteiger partial charge on any atom is 0.404 e. The number of fused-ring (bicyclic) bond motifs is 2. The van der Waals surface area contributed by atoms with Crippen molar-refractivity contribution < 1.29 is 21.8 Å². The van der Waals surface area contributed by atoms with E-state index < -0.39 is 6.03 Å². The molecule has 2 amide bonds. The molecule has 2 bridgehead atoms. The van der Waals surface area contributed by atoms with Gasteiger partial charge in [0.15, 0.2) is 0 Å². The number of primary amides is 1. The number of anilines is 1. The molecule has 0 unspecified atom stereocenters.